The first-order valence-electron chi connectivity index (χ1n) is 8.04. The number of nitrogens with one attached hydrogen (secondary N) is 1. The van der Waals surface area contributed by atoms with Crippen LogP contribution in [-0.2, 0) is 4.74 Å². The van der Waals surface area contributed by atoms with E-state index < -0.39 is 0 Å². The fourth-order valence-electron chi connectivity index (χ4n) is 2.76. The number of carbonyl (C=O) groups is 1. The van der Waals surface area contributed by atoms with E-state index in [1.165, 1.54) is 0 Å². The van der Waals surface area contributed by atoms with Crippen LogP contribution in [0.25, 0.3) is 22.2 Å². The second-order valence-corrected chi connectivity index (χ2v) is 6.29. The topological polar surface area (TPSA) is 51.2 Å². The number of rotatable bonds is 5. The summed E-state index contributed by atoms with van der Waals surface area (Å²) in [5, 5.41) is 4.37. The summed E-state index contributed by atoms with van der Waals surface area (Å²) in [4.78, 5) is 17.5. The van der Waals surface area contributed by atoms with Gasteiger partial charge in [0, 0.05) is 29.1 Å². The van der Waals surface area contributed by atoms with E-state index in [0.717, 1.165) is 16.5 Å². The summed E-state index contributed by atoms with van der Waals surface area (Å²) in [6.45, 7) is 2.35. The van der Waals surface area contributed by atoms with E-state index in [4.69, 9.17) is 16.3 Å². The summed E-state index contributed by atoms with van der Waals surface area (Å²) >= 11 is 6.31. The quantitative estimate of drug-likeness (QED) is 0.742. The van der Waals surface area contributed by atoms with Gasteiger partial charge in [-0.1, -0.05) is 48.0 Å². The number of amides is 1. The van der Waals surface area contributed by atoms with Gasteiger partial charge in [0.2, 0.25) is 0 Å². The van der Waals surface area contributed by atoms with E-state index in [9.17, 15) is 4.79 Å². The number of halogens is 1. The van der Waals surface area contributed by atoms with Crippen LogP contribution in [0.5, 0.6) is 0 Å². The van der Waals surface area contributed by atoms with Gasteiger partial charge in [0.05, 0.1) is 23.4 Å². The van der Waals surface area contributed by atoms with Crippen molar-refractivity contribution in [2.75, 3.05) is 13.7 Å². The summed E-state index contributed by atoms with van der Waals surface area (Å²) in [5.74, 6) is -0.156. The Morgan fingerprint density at radius 1 is 1.20 bits per heavy atom. The first-order valence-corrected chi connectivity index (χ1v) is 8.42. The Morgan fingerprint density at radius 3 is 2.68 bits per heavy atom. The highest BCUT2D eigenvalue weighted by atomic mass is 35.5. The van der Waals surface area contributed by atoms with Gasteiger partial charge in [-0.05, 0) is 25.1 Å². The fourth-order valence-corrected chi connectivity index (χ4v) is 3.00. The van der Waals surface area contributed by atoms with Gasteiger partial charge in [0.15, 0.2) is 0 Å². The molecule has 2 aromatic carbocycles. The Morgan fingerprint density at radius 2 is 1.92 bits per heavy atom. The smallest absolute Gasteiger partial charge is 0.252 e. The minimum absolute atomic E-state index is 0.0896. The lowest BCUT2D eigenvalue weighted by Crippen LogP contribution is -2.35. The van der Waals surface area contributed by atoms with E-state index in [1.807, 2.05) is 55.5 Å². The molecule has 0 aliphatic rings. The zero-order chi connectivity index (χ0) is 17.8. The van der Waals surface area contributed by atoms with Crippen molar-refractivity contribution in [2.45, 2.75) is 13.0 Å². The minimum atomic E-state index is -0.156. The van der Waals surface area contributed by atoms with Gasteiger partial charge in [-0.3, -0.25) is 4.79 Å². The van der Waals surface area contributed by atoms with Crippen LogP contribution in [0.4, 0.5) is 0 Å². The normalized spacial score (nSPS) is 12.1. The number of carbonyl (C=O) groups excluding carboxylic acids is 1. The van der Waals surface area contributed by atoms with Gasteiger partial charge in [-0.2, -0.15) is 0 Å². The number of hydrogen-bond donors (Lipinski definition) is 1. The molecule has 3 rings (SSSR count). The number of methoxy groups -OCH3 is 1. The third kappa shape index (κ3) is 3.81. The van der Waals surface area contributed by atoms with Crippen molar-refractivity contribution >= 4 is 28.4 Å². The molecule has 1 amide bonds. The number of hydrogen-bond acceptors (Lipinski definition) is 3. The van der Waals surface area contributed by atoms with Gasteiger partial charge in [0.25, 0.3) is 5.91 Å². The molecule has 0 saturated carbocycles. The highest BCUT2D eigenvalue weighted by molar-refractivity contribution is 6.33. The van der Waals surface area contributed by atoms with Crippen molar-refractivity contribution in [3.8, 4) is 11.3 Å². The molecule has 1 N–H and O–H groups in total. The molecule has 0 aliphatic heterocycles. The highest BCUT2D eigenvalue weighted by Crippen LogP contribution is 2.29. The van der Waals surface area contributed by atoms with Crippen LogP contribution in [-0.4, -0.2) is 30.6 Å². The predicted octanol–water partition coefficient (Wildman–Crippen LogP) is 4.32. The third-order valence-corrected chi connectivity index (χ3v) is 4.23. The molecular weight excluding hydrogens is 336 g/mol. The molecule has 0 aliphatic carbocycles. The Balaban J connectivity index is 2.10. The van der Waals surface area contributed by atoms with Crippen molar-refractivity contribution < 1.29 is 9.53 Å². The van der Waals surface area contributed by atoms with Crippen molar-refractivity contribution in [1.82, 2.24) is 10.3 Å². The molecule has 1 heterocycles. The Labute approximate surface area is 151 Å². The molecule has 25 heavy (non-hydrogen) atoms. The molecule has 1 atom stereocenters. The summed E-state index contributed by atoms with van der Waals surface area (Å²) in [5.41, 5.74) is 2.80. The van der Waals surface area contributed by atoms with Crippen LogP contribution in [0.1, 0.15) is 17.3 Å². The maximum Gasteiger partial charge on any atom is 0.252 e. The van der Waals surface area contributed by atoms with Crippen molar-refractivity contribution in [1.29, 1.82) is 0 Å². The minimum Gasteiger partial charge on any atom is -0.383 e. The molecule has 0 saturated heterocycles. The Bertz CT molecular complexity index is 911. The zero-order valence-corrected chi connectivity index (χ0v) is 14.9. The second kappa shape index (κ2) is 7.64. The summed E-state index contributed by atoms with van der Waals surface area (Å²) < 4.78 is 5.09. The van der Waals surface area contributed by atoms with Gasteiger partial charge < -0.3 is 10.1 Å². The van der Waals surface area contributed by atoms with Gasteiger partial charge in [-0.25, -0.2) is 4.98 Å². The number of ether oxygens (including phenoxy) is 1. The number of fused-ring (bicyclic) bond motifs is 1. The van der Waals surface area contributed by atoms with E-state index in [0.29, 0.717) is 22.9 Å². The molecule has 4 nitrogen and oxygen atoms in total. The molecule has 5 heteroatoms. The third-order valence-electron chi connectivity index (χ3n) is 3.90. The molecule has 0 bridgehead atoms. The number of nitrogens with zero attached hydrogens (tertiary/aromatic N) is 1. The first kappa shape index (κ1) is 17.4. The molecular formula is C20H19ClN2O2. The Hall–Kier alpha value is -2.43. The molecule has 3 aromatic rings. The van der Waals surface area contributed by atoms with Crippen LogP contribution in [0, 0.1) is 0 Å². The van der Waals surface area contributed by atoms with Crippen molar-refractivity contribution in [3.63, 3.8) is 0 Å². The van der Waals surface area contributed by atoms with E-state index >= 15 is 0 Å². The maximum absolute atomic E-state index is 12.8. The predicted molar refractivity (Wildman–Crippen MR) is 101 cm³/mol. The van der Waals surface area contributed by atoms with E-state index in [1.54, 1.807) is 13.2 Å². The van der Waals surface area contributed by atoms with Crippen LogP contribution in [0.3, 0.4) is 0 Å². The second-order valence-electron chi connectivity index (χ2n) is 5.88. The number of benzene rings is 2. The molecule has 0 fully saturated rings. The van der Waals surface area contributed by atoms with E-state index in [2.05, 4.69) is 10.3 Å². The molecule has 0 spiro atoms. The lowest BCUT2D eigenvalue weighted by molar-refractivity contribution is 0.0907. The maximum atomic E-state index is 12.8. The number of pyridine rings is 1. The first-order chi connectivity index (χ1) is 12.1. The zero-order valence-electron chi connectivity index (χ0n) is 14.1. The SMILES string of the molecule is COC[C@H](C)NC(=O)c1cc(-c2ccccc2Cl)nc2ccccc12. The number of aromatic nitrogens is 1. The summed E-state index contributed by atoms with van der Waals surface area (Å²) in [6, 6.07) is 16.8. The average molecular weight is 355 g/mol. The van der Waals surface area contributed by atoms with Crippen LogP contribution < -0.4 is 5.32 Å². The van der Waals surface area contributed by atoms with Crippen molar-refractivity contribution in [2.24, 2.45) is 0 Å². The summed E-state index contributed by atoms with van der Waals surface area (Å²) in [7, 11) is 1.61. The lowest BCUT2D eigenvalue weighted by Gasteiger charge is -2.15. The standard InChI is InChI=1S/C20H19ClN2O2/c1-13(12-25-2)22-20(24)16-11-19(15-8-3-5-9-17(15)21)23-18-10-6-4-7-14(16)18/h3-11,13H,12H2,1-2H3,(H,22,24)/t13-/m0/s1. The van der Waals surface area contributed by atoms with E-state index in [-0.39, 0.29) is 11.9 Å². The van der Waals surface area contributed by atoms with Gasteiger partial charge in [0.1, 0.15) is 0 Å². The van der Waals surface area contributed by atoms with Crippen molar-refractivity contribution in [3.05, 3.63) is 65.2 Å². The van der Waals surface area contributed by atoms with Gasteiger partial charge in [-0.15, -0.1) is 0 Å². The Kier molecular flexibility index (Phi) is 5.31. The molecule has 0 radical (unpaired) electrons. The number of para-hydroxylation sites is 1. The monoisotopic (exact) mass is 354 g/mol. The van der Waals surface area contributed by atoms with Crippen LogP contribution >= 0.6 is 11.6 Å². The molecule has 0 unspecified atom stereocenters. The summed E-state index contributed by atoms with van der Waals surface area (Å²) in [6.07, 6.45) is 0. The van der Waals surface area contributed by atoms with Crippen LogP contribution in [0.15, 0.2) is 54.6 Å². The van der Waals surface area contributed by atoms with Gasteiger partial charge >= 0.3 is 0 Å². The average Bonchev–Trinajstić information content (AvgIpc) is 2.61. The molecule has 128 valence electrons. The lowest BCUT2D eigenvalue weighted by atomic mass is 10.0. The molecule has 1 aromatic heterocycles. The largest absolute Gasteiger partial charge is 0.383 e. The fraction of sp³-hybridized carbons (Fsp3) is 0.200. The highest BCUT2D eigenvalue weighted by Gasteiger charge is 2.16. The van der Waals surface area contributed by atoms with Crippen LogP contribution in [0.2, 0.25) is 5.02 Å².